The number of Topliss-reactive ketones (excluding diaryl/α,β-unsaturated/α-hetero) is 1. The second-order valence-corrected chi connectivity index (χ2v) is 34.3. The fourth-order valence-electron chi connectivity index (χ4n) is 10.2. The van der Waals surface area contributed by atoms with Gasteiger partial charge in [-0.05, 0) is 154 Å². The highest BCUT2D eigenvalue weighted by atomic mass is 32.1. The Bertz CT molecular complexity index is 3240. The van der Waals surface area contributed by atoms with Crippen LogP contribution in [0.3, 0.4) is 0 Å². The van der Waals surface area contributed by atoms with Crippen molar-refractivity contribution in [2.24, 2.45) is 49.3 Å². The summed E-state index contributed by atoms with van der Waals surface area (Å²) in [6, 6.07) is 28.8. The molecule has 13 heteroatoms. The van der Waals surface area contributed by atoms with Gasteiger partial charge in [0, 0.05) is 31.0 Å². The molecule has 2 aliphatic rings. The molecule has 3 atom stereocenters. The Morgan fingerprint density at radius 2 is 1.37 bits per heavy atom. The third-order valence-electron chi connectivity index (χ3n) is 15.4. The van der Waals surface area contributed by atoms with Crippen molar-refractivity contribution in [1.82, 2.24) is 19.6 Å². The normalized spacial score (nSPS) is 15.7. The van der Waals surface area contributed by atoms with Crippen LogP contribution in [0.5, 0.6) is 0 Å². The van der Waals surface area contributed by atoms with Crippen LogP contribution in [-0.4, -0.2) is 50.5 Å². The number of aryl methyl sites for hydroxylation is 1. The van der Waals surface area contributed by atoms with Gasteiger partial charge in [-0.3, -0.25) is 14.4 Å². The van der Waals surface area contributed by atoms with E-state index in [1.165, 1.54) is 54.9 Å². The summed E-state index contributed by atoms with van der Waals surface area (Å²) in [4.78, 5) is 28.8. The molecule has 0 spiro atoms. The summed E-state index contributed by atoms with van der Waals surface area (Å²) in [5.41, 5.74) is 7.44. The van der Waals surface area contributed by atoms with Crippen molar-refractivity contribution in [1.29, 1.82) is 0 Å². The van der Waals surface area contributed by atoms with E-state index in [2.05, 4.69) is 224 Å². The smallest absolute Gasteiger partial charge is 0.419 e. The van der Waals surface area contributed by atoms with Gasteiger partial charge in [-0.25, -0.2) is 13.9 Å². The lowest BCUT2D eigenvalue weighted by molar-refractivity contribution is -0.0169. The highest BCUT2D eigenvalue weighted by Gasteiger charge is 2.37. The minimum Gasteiger partial charge on any atom is -0.472 e. The summed E-state index contributed by atoms with van der Waals surface area (Å²) in [6.07, 6.45) is 14.4. The largest absolute Gasteiger partial charge is 0.472 e. The van der Waals surface area contributed by atoms with E-state index in [4.69, 9.17) is 18.3 Å². The Balaban J connectivity index is 0.000000279. The summed E-state index contributed by atoms with van der Waals surface area (Å²) < 4.78 is 38.1. The second-order valence-electron chi connectivity index (χ2n) is 33.3. The molecule has 0 amide bonds. The van der Waals surface area contributed by atoms with Gasteiger partial charge in [-0.15, -0.1) is 16.4 Å². The molecule has 4 aromatic heterocycles. The molecule has 11 nitrogen and oxygen atoms in total. The van der Waals surface area contributed by atoms with Crippen LogP contribution in [0.15, 0.2) is 121 Å². The molecular weight excluding hydrogens is 1150 g/mol. The van der Waals surface area contributed by atoms with Crippen molar-refractivity contribution in [2.75, 3.05) is 6.61 Å². The van der Waals surface area contributed by atoms with Crippen LogP contribution in [0, 0.1) is 50.1 Å². The number of furan rings is 1. The number of aromatic nitrogens is 4. The first-order valence-corrected chi connectivity index (χ1v) is 34.4. The number of hydrogen-bond donors (Lipinski definition) is 0. The number of nitrogens with zero attached hydrogens (tertiary/aromatic N) is 5. The van der Waals surface area contributed by atoms with Crippen molar-refractivity contribution in [2.45, 2.75) is 268 Å². The van der Waals surface area contributed by atoms with E-state index in [0.29, 0.717) is 47.2 Å². The van der Waals surface area contributed by atoms with E-state index in [9.17, 15) is 14.0 Å². The van der Waals surface area contributed by atoms with Gasteiger partial charge in [0.25, 0.3) is 0 Å². The number of fused-ring (bicyclic) bond motifs is 2. The molecule has 3 unspecified atom stereocenters. The maximum Gasteiger partial charge on any atom is 0.419 e. The molecule has 0 radical (unpaired) electrons. The molecule has 0 saturated heterocycles. The lowest BCUT2D eigenvalue weighted by Gasteiger charge is -2.28. The van der Waals surface area contributed by atoms with Crippen molar-refractivity contribution in [3.05, 3.63) is 141 Å². The molecule has 91 heavy (non-hydrogen) atoms. The number of carbonyl (C=O) groups excluding carboxylic acids is 1. The highest BCUT2D eigenvalue weighted by Crippen LogP contribution is 2.40. The Kier molecular flexibility index (Phi) is 31.1. The molecule has 7 aromatic rings. The van der Waals surface area contributed by atoms with Gasteiger partial charge in [0.05, 0.1) is 23.4 Å². The topological polar surface area (TPSA) is 127 Å². The maximum atomic E-state index is 13.1. The number of para-hydroxylation sites is 2. The van der Waals surface area contributed by atoms with Crippen LogP contribution in [0.2, 0.25) is 0 Å². The quantitative estimate of drug-likeness (QED) is 0.111. The molecule has 0 N–H and O–H groups in total. The number of oxazole rings is 1. The molecule has 508 valence electrons. The van der Waals surface area contributed by atoms with E-state index in [0.717, 1.165) is 60.4 Å². The Morgan fingerprint density at radius 1 is 0.736 bits per heavy atom. The lowest BCUT2D eigenvalue weighted by atomic mass is 9.83. The monoisotopic (exact) mass is 1280 g/mol. The summed E-state index contributed by atoms with van der Waals surface area (Å²) in [5.74, 6) is 1.93. The first-order chi connectivity index (χ1) is 42.0. The van der Waals surface area contributed by atoms with E-state index in [1.807, 2.05) is 41.1 Å². The Morgan fingerprint density at radius 3 is 1.89 bits per heavy atom. The van der Waals surface area contributed by atoms with Crippen molar-refractivity contribution in [3.63, 3.8) is 0 Å². The molecule has 1 aliphatic carbocycles. The zero-order chi connectivity index (χ0) is 68.8. The number of hydrogen-bond acceptors (Lipinski definition) is 10. The SMILES string of the molecule is CC(C)(C)C1N=COC1c1cccs1.CC(C)(C)CC1CCCC1.CC(C)(C)CCCC(=O)c1ccco1.CC(C)(C)Cc1ccccc1F.CC(C)(C)Cn1c(=O)oc2ccccc21.CC(C)COC(C)C(C)(C)C.CCn1nnc2cc(C(C)(C)C)ccc21. The summed E-state index contributed by atoms with van der Waals surface area (Å²) in [7, 11) is 0. The first kappa shape index (κ1) is 79.6. The molecule has 5 heterocycles. The number of ketones is 1. The first-order valence-electron chi connectivity index (χ1n) is 33.5. The fourth-order valence-corrected chi connectivity index (χ4v) is 11.0. The minimum atomic E-state index is -0.272. The number of aliphatic imine (C=N–C) groups is 1. The summed E-state index contributed by atoms with van der Waals surface area (Å²) in [5, 5.41) is 10.4. The van der Waals surface area contributed by atoms with Gasteiger partial charge < -0.3 is 18.3 Å². The fraction of sp³-hybridized carbons (Fsp3) is 0.628. The number of halogens is 1. The van der Waals surface area contributed by atoms with Crippen LogP contribution < -0.4 is 5.76 Å². The molecular formula is C78H122FN5O6S. The maximum absolute atomic E-state index is 13.1. The van der Waals surface area contributed by atoms with Gasteiger partial charge in [-0.2, -0.15) is 0 Å². The number of ether oxygens (including phenoxy) is 2. The van der Waals surface area contributed by atoms with Gasteiger partial charge in [0.2, 0.25) is 0 Å². The number of carbonyl (C=O) groups is 1. The van der Waals surface area contributed by atoms with Crippen LogP contribution in [0.25, 0.3) is 22.1 Å². The van der Waals surface area contributed by atoms with E-state index in [-0.39, 0.29) is 56.6 Å². The van der Waals surface area contributed by atoms with Crippen LogP contribution >= 0.6 is 11.3 Å². The van der Waals surface area contributed by atoms with E-state index >= 15 is 0 Å². The predicted molar refractivity (Wildman–Crippen MR) is 383 cm³/mol. The van der Waals surface area contributed by atoms with Gasteiger partial charge >= 0.3 is 5.76 Å². The van der Waals surface area contributed by atoms with Gasteiger partial charge in [0.15, 0.2) is 29.6 Å². The van der Waals surface area contributed by atoms with E-state index in [1.54, 1.807) is 40.5 Å². The molecule has 9 rings (SSSR count). The van der Waals surface area contributed by atoms with Crippen LogP contribution in [-0.2, 0) is 34.4 Å². The molecule has 0 bridgehead atoms. The predicted octanol–water partition coefficient (Wildman–Crippen LogP) is 22.5. The number of thiophene rings is 1. The zero-order valence-electron chi connectivity index (χ0n) is 61.2. The van der Waals surface area contributed by atoms with Gasteiger partial charge in [-0.1, -0.05) is 233 Å². The van der Waals surface area contributed by atoms with E-state index < -0.39 is 0 Å². The molecule has 1 fully saturated rings. The molecule has 1 aliphatic heterocycles. The summed E-state index contributed by atoms with van der Waals surface area (Å²) >= 11 is 1.74. The average Bonchev–Trinajstić information content (AvgIpc) is 1.75. The van der Waals surface area contributed by atoms with Crippen molar-refractivity contribution >= 4 is 45.7 Å². The van der Waals surface area contributed by atoms with Crippen molar-refractivity contribution < 1.29 is 27.5 Å². The third-order valence-corrected chi connectivity index (χ3v) is 16.3. The minimum absolute atomic E-state index is 0.0659. The summed E-state index contributed by atoms with van der Waals surface area (Å²) in [6.45, 7) is 57.1. The highest BCUT2D eigenvalue weighted by molar-refractivity contribution is 7.10. The Labute approximate surface area is 554 Å². The lowest BCUT2D eigenvalue weighted by Crippen LogP contribution is -2.28. The second kappa shape index (κ2) is 35.6. The van der Waals surface area contributed by atoms with Crippen LogP contribution in [0.4, 0.5) is 4.39 Å². The molecule has 1 saturated carbocycles. The third kappa shape index (κ3) is 30.8. The number of rotatable bonds is 12. The average molecular weight is 1280 g/mol. The standard InChI is InChI=1S/C12H17N3.C12H15NO2.C12H18O2.C11H15F.C11H15NOS.C10H22O.C10H20/c1-5-15-11-7-6-9(12(2,3)4)8-10(11)13-14-15;1-12(2,3)8-13-9-6-4-5-7-10(9)15-11(13)14;1-12(2,3)8-4-6-10(13)11-7-5-9-14-11;1-11(2,3)8-9-6-4-5-7-10(9)12;1-11(2,3)10-9(13-7-12-10)8-5-4-6-14-8;1-8(2)7-11-9(3)10(4,5)6;1-10(2,3)8-9-6-4-5-7-9/h6-8H,5H2,1-4H3;4-7H,8H2,1-3H3;5,7,9H,4,6,8H2,1-3H3;4-7H,8H2,1-3H3;4-7,9-10H,1-3H3;8-9H,7H2,1-6H3;9H,4-8H2,1-3H3. The number of benzene rings is 3. The Hall–Kier alpha value is -5.66. The van der Waals surface area contributed by atoms with Crippen molar-refractivity contribution in [3.8, 4) is 0 Å². The van der Waals surface area contributed by atoms with Gasteiger partial charge in [0.1, 0.15) is 17.4 Å². The zero-order valence-corrected chi connectivity index (χ0v) is 62.1. The molecule has 3 aromatic carbocycles. The van der Waals surface area contributed by atoms with Crippen LogP contribution in [0.1, 0.15) is 257 Å².